The van der Waals surface area contributed by atoms with Crippen molar-refractivity contribution in [2.24, 2.45) is 5.73 Å². The van der Waals surface area contributed by atoms with Crippen molar-refractivity contribution in [2.75, 3.05) is 19.3 Å². The topological polar surface area (TPSA) is 102 Å². The number of anilines is 1. The van der Waals surface area contributed by atoms with Gasteiger partial charge < -0.3 is 21.2 Å². The minimum Gasteiger partial charge on any atom is -0.383 e. The number of halogens is 1. The first-order valence-electron chi connectivity index (χ1n) is 9.93. The third kappa shape index (κ3) is 6.20. The van der Waals surface area contributed by atoms with Gasteiger partial charge in [0.05, 0.1) is 18.2 Å². The number of aldehydes is 1. The molecule has 1 unspecified atom stereocenters. The lowest BCUT2D eigenvalue weighted by atomic mass is 10.1. The number of pyridine rings is 1. The summed E-state index contributed by atoms with van der Waals surface area (Å²) in [4.78, 5) is 29.2. The van der Waals surface area contributed by atoms with Crippen LogP contribution in [0.3, 0.4) is 0 Å². The number of nitrogen functional groups attached to an aromatic ring is 1. The Labute approximate surface area is 181 Å². The average Bonchev–Trinajstić information content (AvgIpc) is 3.23. The molecule has 7 heteroatoms. The van der Waals surface area contributed by atoms with Crippen LogP contribution in [0.5, 0.6) is 0 Å². The number of amides is 1. The molecule has 1 aliphatic rings. The van der Waals surface area contributed by atoms with Crippen LogP contribution < -0.4 is 11.5 Å². The number of nitrogens with two attached hydrogens (primary N) is 2. The van der Waals surface area contributed by atoms with E-state index >= 15 is 0 Å². The van der Waals surface area contributed by atoms with Gasteiger partial charge in [-0.25, -0.2) is 9.37 Å². The molecule has 1 heterocycles. The highest BCUT2D eigenvalue weighted by Crippen LogP contribution is 2.37. The van der Waals surface area contributed by atoms with Crippen molar-refractivity contribution in [3.8, 4) is 0 Å². The van der Waals surface area contributed by atoms with E-state index in [0.717, 1.165) is 17.5 Å². The largest absolute Gasteiger partial charge is 0.383 e. The van der Waals surface area contributed by atoms with Crippen molar-refractivity contribution in [3.63, 3.8) is 0 Å². The Morgan fingerprint density at radius 1 is 1.13 bits per heavy atom. The number of aryl methyl sites for hydroxylation is 1. The molecule has 4 N–H and O–H groups in total. The molecular formula is C24H27FN4O2. The lowest BCUT2D eigenvalue weighted by Gasteiger charge is -2.28. The highest BCUT2D eigenvalue weighted by molar-refractivity contribution is 5.99. The Morgan fingerprint density at radius 2 is 1.77 bits per heavy atom. The van der Waals surface area contributed by atoms with E-state index in [0.29, 0.717) is 12.7 Å². The van der Waals surface area contributed by atoms with Crippen molar-refractivity contribution in [1.29, 1.82) is 0 Å². The van der Waals surface area contributed by atoms with Crippen molar-refractivity contribution in [2.45, 2.75) is 18.9 Å². The number of fused-ring (bicyclic) bond motifs is 1. The predicted octanol–water partition coefficient (Wildman–Crippen LogP) is 3.39. The van der Waals surface area contributed by atoms with Gasteiger partial charge in [0.25, 0.3) is 5.91 Å². The van der Waals surface area contributed by atoms with Crippen LogP contribution in [0.4, 0.5) is 10.2 Å². The molecule has 0 aliphatic heterocycles. The minimum absolute atomic E-state index is 0.0756. The Hall–Kier alpha value is -3.58. The maximum Gasteiger partial charge on any atom is 0.258 e. The molecule has 0 saturated heterocycles. The van der Waals surface area contributed by atoms with E-state index in [4.69, 9.17) is 5.73 Å². The van der Waals surface area contributed by atoms with Gasteiger partial charge in [0.1, 0.15) is 17.9 Å². The Balaban J connectivity index is 0.000000363. The predicted molar refractivity (Wildman–Crippen MR) is 120 cm³/mol. The van der Waals surface area contributed by atoms with E-state index in [1.807, 2.05) is 36.4 Å². The van der Waals surface area contributed by atoms with Crippen molar-refractivity contribution in [3.05, 3.63) is 95.4 Å². The molecule has 0 fully saturated rings. The first-order chi connectivity index (χ1) is 15.1. The first kappa shape index (κ1) is 23.7. The molecule has 4 rings (SSSR count). The van der Waals surface area contributed by atoms with Gasteiger partial charge in [-0.15, -0.1) is 0 Å². The molecule has 3 aromatic rings. The molecule has 1 atom stereocenters. The van der Waals surface area contributed by atoms with E-state index in [2.05, 4.69) is 10.7 Å². The van der Waals surface area contributed by atoms with Gasteiger partial charge in [-0.2, -0.15) is 0 Å². The maximum atomic E-state index is 13.6. The zero-order valence-electron chi connectivity index (χ0n) is 17.4. The zero-order chi connectivity index (χ0) is 22.6. The third-order valence-electron chi connectivity index (χ3n) is 4.80. The third-order valence-corrected chi connectivity index (χ3v) is 4.80. The number of carbonyl (C=O) groups is 2. The van der Waals surface area contributed by atoms with Crippen LogP contribution in [0, 0.1) is 5.82 Å². The molecule has 1 aliphatic carbocycles. The van der Waals surface area contributed by atoms with Crippen LogP contribution in [0.2, 0.25) is 0 Å². The highest BCUT2D eigenvalue weighted by atomic mass is 19.1. The van der Waals surface area contributed by atoms with Crippen LogP contribution in [0.1, 0.15) is 33.9 Å². The van der Waals surface area contributed by atoms with Gasteiger partial charge in [0.2, 0.25) is 0 Å². The fraction of sp³-hybridized carbons (Fsp3) is 0.208. The smallest absolute Gasteiger partial charge is 0.258 e. The molecule has 31 heavy (non-hydrogen) atoms. The summed E-state index contributed by atoms with van der Waals surface area (Å²) in [6.07, 6.45) is 3.56. The number of benzene rings is 2. The molecule has 2 aromatic carbocycles. The SMILES string of the molecule is CN.Nc1ncccc1C(=O)N(CC=O)C1CCc2ccc(F)cc21.c1ccccc1. The van der Waals surface area contributed by atoms with Crippen LogP contribution in [0.25, 0.3) is 0 Å². The zero-order valence-corrected chi connectivity index (χ0v) is 17.4. The summed E-state index contributed by atoms with van der Waals surface area (Å²) in [6, 6.07) is 19.4. The Morgan fingerprint density at radius 3 is 2.35 bits per heavy atom. The standard InChI is InChI=1S/C17H16FN3O2.C6H6.CH5N/c18-12-5-3-11-4-6-15(14(11)10-12)21(8-9-22)17(23)13-2-1-7-20-16(13)19;1-2-4-6-5-3-1;1-2/h1-3,5,7,9-10,15H,4,6,8H2,(H2,19,20);1-6H;2H2,1H3. The van der Waals surface area contributed by atoms with E-state index in [1.54, 1.807) is 18.2 Å². The average molecular weight is 423 g/mol. The van der Waals surface area contributed by atoms with Gasteiger partial charge in [-0.05, 0) is 55.3 Å². The number of nitrogens with zero attached hydrogens (tertiary/aromatic N) is 2. The van der Waals surface area contributed by atoms with Crippen LogP contribution in [-0.2, 0) is 11.2 Å². The monoisotopic (exact) mass is 422 g/mol. The second kappa shape index (κ2) is 12.2. The van der Waals surface area contributed by atoms with Gasteiger partial charge >= 0.3 is 0 Å². The van der Waals surface area contributed by atoms with Gasteiger partial charge in [0, 0.05) is 6.20 Å². The summed E-state index contributed by atoms with van der Waals surface area (Å²) in [5.74, 6) is -0.606. The lowest BCUT2D eigenvalue weighted by Crippen LogP contribution is -2.36. The van der Waals surface area contributed by atoms with E-state index < -0.39 is 0 Å². The minimum atomic E-state index is -0.371. The number of hydrogen-bond donors (Lipinski definition) is 2. The lowest BCUT2D eigenvalue weighted by molar-refractivity contribution is -0.108. The first-order valence-corrected chi connectivity index (χ1v) is 9.93. The molecular weight excluding hydrogens is 395 g/mol. The van der Waals surface area contributed by atoms with Gasteiger partial charge in [-0.1, -0.05) is 42.5 Å². The summed E-state index contributed by atoms with van der Waals surface area (Å²) in [5.41, 5.74) is 12.3. The second-order valence-electron chi connectivity index (χ2n) is 6.61. The number of hydrogen-bond acceptors (Lipinski definition) is 5. The fourth-order valence-corrected chi connectivity index (χ4v) is 3.45. The van der Waals surface area contributed by atoms with Crippen LogP contribution >= 0.6 is 0 Å². The van der Waals surface area contributed by atoms with Crippen molar-refractivity contribution < 1.29 is 14.0 Å². The van der Waals surface area contributed by atoms with E-state index in [9.17, 15) is 14.0 Å². The molecule has 6 nitrogen and oxygen atoms in total. The quantitative estimate of drug-likeness (QED) is 0.628. The highest BCUT2D eigenvalue weighted by Gasteiger charge is 2.32. The Kier molecular flexibility index (Phi) is 9.32. The molecule has 0 radical (unpaired) electrons. The molecule has 162 valence electrons. The van der Waals surface area contributed by atoms with Crippen molar-refractivity contribution >= 4 is 18.0 Å². The van der Waals surface area contributed by atoms with Crippen LogP contribution in [0.15, 0.2) is 72.9 Å². The van der Waals surface area contributed by atoms with Gasteiger partial charge in [-0.3, -0.25) is 4.79 Å². The fourth-order valence-electron chi connectivity index (χ4n) is 3.45. The van der Waals surface area contributed by atoms with Gasteiger partial charge in [0.15, 0.2) is 0 Å². The summed E-state index contributed by atoms with van der Waals surface area (Å²) < 4.78 is 13.6. The Bertz CT molecular complexity index is 956. The molecule has 1 aromatic heterocycles. The van der Waals surface area contributed by atoms with Crippen molar-refractivity contribution in [1.82, 2.24) is 9.88 Å². The number of aromatic nitrogens is 1. The number of rotatable bonds is 4. The summed E-state index contributed by atoms with van der Waals surface area (Å²) in [5, 5.41) is 0. The molecule has 0 bridgehead atoms. The normalized spacial score (nSPS) is 13.6. The second-order valence-corrected chi connectivity index (χ2v) is 6.61. The molecule has 1 amide bonds. The summed E-state index contributed by atoms with van der Waals surface area (Å²) in [7, 11) is 1.50. The molecule has 0 saturated carbocycles. The number of carbonyl (C=O) groups excluding carboxylic acids is 2. The maximum absolute atomic E-state index is 13.6. The van der Waals surface area contributed by atoms with Crippen LogP contribution in [-0.4, -0.2) is 35.7 Å². The summed E-state index contributed by atoms with van der Waals surface area (Å²) in [6.45, 7) is -0.0756. The summed E-state index contributed by atoms with van der Waals surface area (Å²) >= 11 is 0. The van der Waals surface area contributed by atoms with E-state index in [1.165, 1.54) is 30.3 Å². The van der Waals surface area contributed by atoms with E-state index in [-0.39, 0.29) is 35.7 Å². The molecule has 0 spiro atoms.